The summed E-state index contributed by atoms with van der Waals surface area (Å²) in [7, 11) is 3.24. The normalized spacial score (nSPS) is 10.7. The smallest absolute Gasteiger partial charge is 0.229 e. The number of rotatable bonds is 7. The number of carbonyl (C=O) groups is 1. The van der Waals surface area contributed by atoms with E-state index in [0.717, 1.165) is 29.8 Å². The summed E-state index contributed by atoms with van der Waals surface area (Å²) in [6.07, 6.45) is 1.65. The summed E-state index contributed by atoms with van der Waals surface area (Å²) < 4.78 is 10.6. The van der Waals surface area contributed by atoms with Gasteiger partial charge in [-0.25, -0.2) is 4.98 Å². The molecule has 23 heavy (non-hydrogen) atoms. The Morgan fingerprint density at radius 2 is 2.00 bits per heavy atom. The maximum absolute atomic E-state index is 12.2. The van der Waals surface area contributed by atoms with Gasteiger partial charge in [-0.1, -0.05) is 13.8 Å². The molecule has 6 heteroatoms. The minimum atomic E-state index is 0.0218. The van der Waals surface area contributed by atoms with Crippen LogP contribution < -0.4 is 14.8 Å². The monoisotopic (exact) mass is 334 g/mol. The van der Waals surface area contributed by atoms with Gasteiger partial charge >= 0.3 is 0 Å². The average molecular weight is 334 g/mol. The van der Waals surface area contributed by atoms with Crippen LogP contribution in [-0.2, 0) is 4.79 Å². The third kappa shape index (κ3) is 4.01. The van der Waals surface area contributed by atoms with Crippen LogP contribution in [-0.4, -0.2) is 25.1 Å². The van der Waals surface area contributed by atoms with Crippen molar-refractivity contribution in [1.82, 2.24) is 4.98 Å². The maximum Gasteiger partial charge on any atom is 0.229 e. The van der Waals surface area contributed by atoms with Crippen molar-refractivity contribution >= 4 is 22.4 Å². The first-order valence-electron chi connectivity index (χ1n) is 7.61. The van der Waals surface area contributed by atoms with Crippen LogP contribution in [0.25, 0.3) is 11.3 Å². The third-order valence-electron chi connectivity index (χ3n) is 3.77. The van der Waals surface area contributed by atoms with Crippen LogP contribution in [0.5, 0.6) is 11.5 Å². The number of hydrogen-bond acceptors (Lipinski definition) is 5. The Bertz CT molecular complexity index is 666. The van der Waals surface area contributed by atoms with Crippen molar-refractivity contribution < 1.29 is 14.3 Å². The number of carbonyl (C=O) groups excluding carboxylic acids is 1. The molecule has 1 aromatic heterocycles. The maximum atomic E-state index is 12.2. The second kappa shape index (κ2) is 7.97. The van der Waals surface area contributed by atoms with Gasteiger partial charge in [0.05, 0.1) is 19.9 Å². The van der Waals surface area contributed by atoms with Gasteiger partial charge in [-0.3, -0.25) is 4.79 Å². The summed E-state index contributed by atoms with van der Waals surface area (Å²) in [5, 5.41) is 5.40. The molecule has 1 heterocycles. The molecular weight excluding hydrogens is 312 g/mol. The van der Waals surface area contributed by atoms with Gasteiger partial charge in [0.1, 0.15) is 11.5 Å². The van der Waals surface area contributed by atoms with E-state index in [9.17, 15) is 4.79 Å². The Kier molecular flexibility index (Phi) is 5.98. The van der Waals surface area contributed by atoms with Gasteiger partial charge in [-0.05, 0) is 31.0 Å². The van der Waals surface area contributed by atoms with E-state index in [-0.39, 0.29) is 11.8 Å². The van der Waals surface area contributed by atoms with Crippen LogP contribution in [0.1, 0.15) is 26.7 Å². The molecule has 1 amide bonds. The lowest BCUT2D eigenvalue weighted by Crippen LogP contribution is -2.21. The van der Waals surface area contributed by atoms with Crippen molar-refractivity contribution in [3.05, 3.63) is 23.6 Å². The van der Waals surface area contributed by atoms with Gasteiger partial charge in [-0.15, -0.1) is 11.3 Å². The molecule has 0 saturated carbocycles. The predicted molar refractivity (Wildman–Crippen MR) is 93.4 cm³/mol. The van der Waals surface area contributed by atoms with Crippen molar-refractivity contribution in [3.63, 3.8) is 0 Å². The van der Waals surface area contributed by atoms with Crippen LogP contribution in [0.4, 0.5) is 5.13 Å². The summed E-state index contributed by atoms with van der Waals surface area (Å²) in [6, 6.07) is 5.56. The van der Waals surface area contributed by atoms with E-state index < -0.39 is 0 Å². The molecular formula is C17H22N2O3S. The zero-order valence-corrected chi connectivity index (χ0v) is 14.7. The molecule has 0 unspecified atom stereocenters. The highest BCUT2D eigenvalue weighted by Crippen LogP contribution is 2.35. The van der Waals surface area contributed by atoms with Crippen LogP contribution in [0, 0.1) is 5.92 Å². The zero-order valence-electron chi connectivity index (χ0n) is 13.9. The lowest BCUT2D eigenvalue weighted by atomic mass is 10.0. The highest BCUT2D eigenvalue weighted by atomic mass is 32.1. The summed E-state index contributed by atoms with van der Waals surface area (Å²) >= 11 is 1.40. The fourth-order valence-corrected chi connectivity index (χ4v) is 3.05. The molecule has 0 fully saturated rings. The molecule has 0 radical (unpaired) electrons. The number of anilines is 1. The highest BCUT2D eigenvalue weighted by Gasteiger charge is 2.17. The number of ether oxygens (including phenoxy) is 2. The number of amides is 1. The highest BCUT2D eigenvalue weighted by molar-refractivity contribution is 7.14. The number of benzene rings is 1. The Morgan fingerprint density at radius 3 is 2.61 bits per heavy atom. The molecule has 0 aliphatic carbocycles. The summed E-state index contributed by atoms with van der Waals surface area (Å²) in [6.45, 7) is 4.03. The van der Waals surface area contributed by atoms with E-state index in [2.05, 4.69) is 10.3 Å². The molecule has 0 aliphatic rings. The van der Waals surface area contributed by atoms with Gasteiger partial charge < -0.3 is 14.8 Å². The number of aromatic nitrogens is 1. The molecule has 1 aromatic carbocycles. The van der Waals surface area contributed by atoms with Crippen LogP contribution in [0.2, 0.25) is 0 Å². The van der Waals surface area contributed by atoms with Crippen molar-refractivity contribution in [2.75, 3.05) is 19.5 Å². The van der Waals surface area contributed by atoms with E-state index in [1.54, 1.807) is 14.2 Å². The molecule has 0 atom stereocenters. The zero-order chi connectivity index (χ0) is 16.8. The number of methoxy groups -OCH3 is 2. The fourth-order valence-electron chi connectivity index (χ4n) is 2.34. The second-order valence-corrected chi connectivity index (χ2v) is 5.96. The van der Waals surface area contributed by atoms with Gasteiger partial charge in [-0.2, -0.15) is 0 Å². The van der Waals surface area contributed by atoms with Gasteiger partial charge in [0.25, 0.3) is 0 Å². The molecule has 2 aromatic rings. The summed E-state index contributed by atoms with van der Waals surface area (Å²) in [4.78, 5) is 16.7. The first kappa shape index (κ1) is 17.3. The van der Waals surface area contributed by atoms with Gasteiger partial charge in [0.2, 0.25) is 5.91 Å². The minimum Gasteiger partial charge on any atom is -0.497 e. The van der Waals surface area contributed by atoms with E-state index in [4.69, 9.17) is 9.47 Å². The molecule has 0 bridgehead atoms. The quantitative estimate of drug-likeness (QED) is 0.824. The topological polar surface area (TPSA) is 60.5 Å². The van der Waals surface area contributed by atoms with Gasteiger partial charge in [0.15, 0.2) is 5.13 Å². The van der Waals surface area contributed by atoms with Crippen molar-refractivity contribution in [3.8, 4) is 22.8 Å². The molecule has 0 aliphatic heterocycles. The SMILES string of the molecule is CCC(CC)C(=O)Nc1nc(-c2cc(OC)ccc2OC)cs1. The van der Waals surface area contributed by atoms with Crippen molar-refractivity contribution in [2.45, 2.75) is 26.7 Å². The standard InChI is InChI=1S/C17H22N2O3S/c1-5-11(6-2)16(20)19-17-18-14(10-23-17)13-9-12(21-3)7-8-15(13)22-4/h7-11H,5-6H2,1-4H3,(H,18,19,20). The number of hydrogen-bond donors (Lipinski definition) is 1. The number of nitrogens with one attached hydrogen (secondary N) is 1. The average Bonchev–Trinajstić information content (AvgIpc) is 3.03. The van der Waals surface area contributed by atoms with Crippen LogP contribution in [0.15, 0.2) is 23.6 Å². The number of thiazole rings is 1. The van der Waals surface area contributed by atoms with Crippen LogP contribution >= 0.6 is 11.3 Å². The van der Waals surface area contributed by atoms with E-state index in [0.29, 0.717) is 10.9 Å². The lowest BCUT2D eigenvalue weighted by molar-refractivity contribution is -0.120. The van der Waals surface area contributed by atoms with Crippen molar-refractivity contribution in [1.29, 1.82) is 0 Å². The van der Waals surface area contributed by atoms with Gasteiger partial charge in [0, 0.05) is 16.9 Å². The largest absolute Gasteiger partial charge is 0.497 e. The van der Waals surface area contributed by atoms with E-state index >= 15 is 0 Å². The Hall–Kier alpha value is -2.08. The molecule has 5 nitrogen and oxygen atoms in total. The first-order chi connectivity index (χ1) is 11.1. The Labute approximate surface area is 140 Å². The predicted octanol–water partition coefficient (Wildman–Crippen LogP) is 4.20. The Balaban J connectivity index is 2.24. The summed E-state index contributed by atoms with van der Waals surface area (Å²) in [5.41, 5.74) is 1.59. The molecule has 1 N–H and O–H groups in total. The molecule has 124 valence electrons. The third-order valence-corrected chi connectivity index (χ3v) is 4.53. The molecule has 0 spiro atoms. The molecule has 2 rings (SSSR count). The van der Waals surface area contributed by atoms with Crippen molar-refractivity contribution in [2.24, 2.45) is 5.92 Å². The second-order valence-electron chi connectivity index (χ2n) is 5.11. The Morgan fingerprint density at radius 1 is 1.26 bits per heavy atom. The van der Waals surface area contributed by atoms with Crippen LogP contribution in [0.3, 0.4) is 0 Å². The first-order valence-corrected chi connectivity index (χ1v) is 8.49. The van der Waals surface area contributed by atoms with E-state index in [1.807, 2.05) is 37.4 Å². The fraction of sp³-hybridized carbons (Fsp3) is 0.412. The molecule has 0 saturated heterocycles. The lowest BCUT2D eigenvalue weighted by Gasteiger charge is -2.10. The van der Waals surface area contributed by atoms with E-state index in [1.165, 1.54) is 11.3 Å². The minimum absolute atomic E-state index is 0.0218. The number of nitrogens with zero attached hydrogens (tertiary/aromatic N) is 1. The summed E-state index contributed by atoms with van der Waals surface area (Å²) in [5.74, 6) is 1.49.